The number of hydrogen-bond acceptors (Lipinski definition) is 3. The van der Waals surface area contributed by atoms with Crippen LogP contribution in [0.25, 0.3) is 0 Å². The molecule has 0 aromatic heterocycles. The summed E-state index contributed by atoms with van der Waals surface area (Å²) < 4.78 is 10.7. The second-order valence-corrected chi connectivity index (χ2v) is 4.30. The van der Waals surface area contributed by atoms with E-state index in [4.69, 9.17) is 9.47 Å². The predicted octanol–water partition coefficient (Wildman–Crippen LogP) is 0.954. The fourth-order valence-electron chi connectivity index (χ4n) is 1.20. The highest BCUT2D eigenvalue weighted by molar-refractivity contribution is 4.92. The van der Waals surface area contributed by atoms with Gasteiger partial charge >= 0.3 is 0 Å². The Labute approximate surface area is 79.0 Å². The maximum Gasteiger partial charge on any atom is 0.0882 e. The number of aliphatic hydroxyl groups is 1. The molecule has 2 aliphatic carbocycles. The minimum absolute atomic E-state index is 0.476. The lowest BCUT2D eigenvalue weighted by molar-refractivity contribution is -0.00821. The van der Waals surface area contributed by atoms with Gasteiger partial charge in [0.1, 0.15) is 0 Å². The van der Waals surface area contributed by atoms with Gasteiger partial charge in [0.25, 0.3) is 0 Å². The van der Waals surface area contributed by atoms with Gasteiger partial charge in [0.2, 0.25) is 0 Å². The summed E-state index contributed by atoms with van der Waals surface area (Å²) >= 11 is 0. The number of ether oxygens (including phenoxy) is 2. The third kappa shape index (κ3) is 3.63. The molecule has 0 heterocycles. The molecular formula is C10H18O3. The highest BCUT2D eigenvalue weighted by Crippen LogP contribution is 2.34. The van der Waals surface area contributed by atoms with Crippen molar-refractivity contribution in [2.24, 2.45) is 5.92 Å². The van der Waals surface area contributed by atoms with E-state index in [0.717, 1.165) is 25.4 Å². The lowest BCUT2D eigenvalue weighted by Gasteiger charge is -2.08. The molecule has 0 aliphatic heterocycles. The standard InChI is InChI=1S/C10H18O3/c11-10(3-4-10)8-13-6-5-12-7-9-1-2-9/h9,11H,1-8H2. The maximum absolute atomic E-state index is 9.42. The summed E-state index contributed by atoms with van der Waals surface area (Å²) in [5, 5.41) is 9.42. The van der Waals surface area contributed by atoms with Gasteiger partial charge in [-0.1, -0.05) is 0 Å². The van der Waals surface area contributed by atoms with E-state index in [1.54, 1.807) is 0 Å². The minimum Gasteiger partial charge on any atom is -0.387 e. The van der Waals surface area contributed by atoms with Gasteiger partial charge < -0.3 is 14.6 Å². The zero-order valence-electron chi connectivity index (χ0n) is 8.00. The molecule has 3 nitrogen and oxygen atoms in total. The van der Waals surface area contributed by atoms with Crippen LogP contribution >= 0.6 is 0 Å². The fraction of sp³-hybridized carbons (Fsp3) is 1.00. The van der Waals surface area contributed by atoms with Crippen LogP contribution in [0.4, 0.5) is 0 Å². The molecule has 2 fully saturated rings. The van der Waals surface area contributed by atoms with E-state index in [9.17, 15) is 5.11 Å². The lowest BCUT2D eigenvalue weighted by Crippen LogP contribution is -2.18. The zero-order chi connectivity index (χ0) is 9.15. The molecule has 13 heavy (non-hydrogen) atoms. The van der Waals surface area contributed by atoms with Crippen LogP contribution in [-0.2, 0) is 9.47 Å². The normalized spacial score (nSPS) is 24.7. The van der Waals surface area contributed by atoms with E-state index in [-0.39, 0.29) is 0 Å². The largest absolute Gasteiger partial charge is 0.387 e. The molecule has 0 radical (unpaired) electrons. The van der Waals surface area contributed by atoms with Gasteiger partial charge in [-0.25, -0.2) is 0 Å². The van der Waals surface area contributed by atoms with Crippen LogP contribution in [0.3, 0.4) is 0 Å². The molecule has 1 N–H and O–H groups in total. The first kappa shape index (κ1) is 9.44. The van der Waals surface area contributed by atoms with E-state index < -0.39 is 5.60 Å². The quantitative estimate of drug-likeness (QED) is 0.602. The molecule has 0 aromatic carbocycles. The topological polar surface area (TPSA) is 38.7 Å². The molecule has 76 valence electrons. The monoisotopic (exact) mass is 186 g/mol. The molecule has 0 spiro atoms. The third-order valence-electron chi connectivity index (χ3n) is 2.62. The summed E-state index contributed by atoms with van der Waals surface area (Å²) in [6.07, 6.45) is 4.47. The van der Waals surface area contributed by atoms with Crippen LogP contribution in [0.15, 0.2) is 0 Å². The van der Waals surface area contributed by atoms with Gasteiger partial charge in [0, 0.05) is 6.61 Å². The van der Waals surface area contributed by atoms with Crippen molar-refractivity contribution in [1.82, 2.24) is 0 Å². The van der Waals surface area contributed by atoms with Crippen LogP contribution in [0.1, 0.15) is 25.7 Å². The highest BCUT2D eigenvalue weighted by atomic mass is 16.5. The molecule has 0 bridgehead atoms. The van der Waals surface area contributed by atoms with Crippen molar-refractivity contribution in [1.29, 1.82) is 0 Å². The Balaban J connectivity index is 1.36. The van der Waals surface area contributed by atoms with Gasteiger partial charge in [0.05, 0.1) is 25.4 Å². The summed E-state index contributed by atoms with van der Waals surface area (Å²) in [6, 6.07) is 0. The van der Waals surface area contributed by atoms with E-state index in [1.807, 2.05) is 0 Å². The van der Waals surface area contributed by atoms with Crippen LogP contribution < -0.4 is 0 Å². The molecule has 0 amide bonds. The summed E-state index contributed by atoms with van der Waals surface area (Å²) in [5.41, 5.74) is -0.476. The molecule has 0 saturated heterocycles. The van der Waals surface area contributed by atoms with E-state index in [1.165, 1.54) is 12.8 Å². The van der Waals surface area contributed by atoms with Gasteiger partial charge in [-0.05, 0) is 31.6 Å². The highest BCUT2D eigenvalue weighted by Gasteiger charge is 2.40. The van der Waals surface area contributed by atoms with Crippen LogP contribution in [0.5, 0.6) is 0 Å². The summed E-state index contributed by atoms with van der Waals surface area (Å²) in [6.45, 7) is 2.68. The van der Waals surface area contributed by atoms with Gasteiger partial charge in [-0.3, -0.25) is 0 Å². The smallest absolute Gasteiger partial charge is 0.0882 e. The molecule has 2 saturated carbocycles. The second-order valence-electron chi connectivity index (χ2n) is 4.30. The Bertz CT molecular complexity index is 162. The SMILES string of the molecule is OC1(COCCOCC2CC2)CC1. The third-order valence-corrected chi connectivity index (χ3v) is 2.62. The van der Waals surface area contributed by atoms with Gasteiger partial charge in [-0.2, -0.15) is 0 Å². The molecular weight excluding hydrogens is 168 g/mol. The molecule has 0 atom stereocenters. The van der Waals surface area contributed by atoms with Crippen LogP contribution in [-0.4, -0.2) is 37.1 Å². The van der Waals surface area contributed by atoms with Crippen molar-refractivity contribution in [3.05, 3.63) is 0 Å². The van der Waals surface area contributed by atoms with Crippen molar-refractivity contribution in [3.63, 3.8) is 0 Å². The Morgan fingerprint density at radius 1 is 1.15 bits per heavy atom. The maximum atomic E-state index is 9.42. The first-order chi connectivity index (χ1) is 6.29. The van der Waals surface area contributed by atoms with Crippen molar-refractivity contribution in [2.75, 3.05) is 26.4 Å². The average molecular weight is 186 g/mol. The van der Waals surface area contributed by atoms with Crippen molar-refractivity contribution in [2.45, 2.75) is 31.3 Å². The van der Waals surface area contributed by atoms with Gasteiger partial charge in [-0.15, -0.1) is 0 Å². The van der Waals surface area contributed by atoms with Crippen LogP contribution in [0, 0.1) is 5.92 Å². The fourth-order valence-corrected chi connectivity index (χ4v) is 1.20. The van der Waals surface area contributed by atoms with Crippen molar-refractivity contribution in [3.8, 4) is 0 Å². The van der Waals surface area contributed by atoms with Gasteiger partial charge in [0.15, 0.2) is 0 Å². The second kappa shape index (κ2) is 3.95. The Kier molecular flexibility index (Phi) is 2.86. The Hall–Kier alpha value is -0.120. The number of hydrogen-bond donors (Lipinski definition) is 1. The van der Waals surface area contributed by atoms with Crippen molar-refractivity contribution < 1.29 is 14.6 Å². The lowest BCUT2D eigenvalue weighted by atomic mass is 10.4. The summed E-state index contributed by atoms with van der Waals surface area (Å²) in [5.74, 6) is 0.826. The van der Waals surface area contributed by atoms with Crippen LogP contribution in [0.2, 0.25) is 0 Å². The Morgan fingerprint density at radius 3 is 2.46 bits per heavy atom. The first-order valence-corrected chi connectivity index (χ1v) is 5.16. The minimum atomic E-state index is -0.476. The first-order valence-electron chi connectivity index (χ1n) is 5.16. The molecule has 0 aromatic rings. The average Bonchev–Trinajstić information content (AvgIpc) is 2.96. The van der Waals surface area contributed by atoms with Crippen molar-refractivity contribution >= 4 is 0 Å². The zero-order valence-corrected chi connectivity index (χ0v) is 8.00. The summed E-state index contributed by atoms with van der Waals surface area (Å²) in [7, 11) is 0. The Morgan fingerprint density at radius 2 is 1.85 bits per heavy atom. The predicted molar refractivity (Wildman–Crippen MR) is 48.5 cm³/mol. The van der Waals surface area contributed by atoms with E-state index in [0.29, 0.717) is 19.8 Å². The summed E-state index contributed by atoms with van der Waals surface area (Å²) in [4.78, 5) is 0. The molecule has 0 unspecified atom stereocenters. The molecule has 2 rings (SSSR count). The molecule has 3 heteroatoms. The van der Waals surface area contributed by atoms with E-state index in [2.05, 4.69) is 0 Å². The molecule has 2 aliphatic rings. The van der Waals surface area contributed by atoms with E-state index >= 15 is 0 Å². The number of rotatable bonds is 7.